The molecule has 27 heavy (non-hydrogen) atoms. The monoisotopic (exact) mass is 362 g/mol. The van der Waals surface area contributed by atoms with Crippen molar-refractivity contribution in [2.24, 2.45) is 0 Å². The zero-order valence-electron chi connectivity index (χ0n) is 15.5. The second-order valence-electron chi connectivity index (χ2n) is 7.61. The van der Waals surface area contributed by atoms with Gasteiger partial charge in [-0.2, -0.15) is 0 Å². The largest absolute Gasteiger partial charge is 0.352 e. The van der Waals surface area contributed by atoms with E-state index in [1.54, 1.807) is 4.90 Å². The molecule has 2 aromatic carbocycles. The highest BCUT2D eigenvalue weighted by Gasteiger charge is 2.37. The van der Waals surface area contributed by atoms with Gasteiger partial charge >= 0.3 is 0 Å². The molecule has 2 amide bonds. The van der Waals surface area contributed by atoms with Crippen LogP contribution >= 0.6 is 0 Å². The van der Waals surface area contributed by atoms with Crippen LogP contribution in [0.5, 0.6) is 0 Å². The number of amides is 2. The fourth-order valence-electron chi connectivity index (χ4n) is 3.95. The van der Waals surface area contributed by atoms with Crippen molar-refractivity contribution in [3.63, 3.8) is 0 Å². The molecule has 1 N–H and O–H groups in total. The molecule has 1 saturated carbocycles. The SMILES string of the molecule is O=C(NC1CC1)C1CCCN1C(=O)CC(c1ccccc1)c1ccccc1. The van der Waals surface area contributed by atoms with Crippen LogP contribution < -0.4 is 5.32 Å². The highest BCUT2D eigenvalue weighted by molar-refractivity contribution is 5.89. The predicted octanol–water partition coefficient (Wildman–Crippen LogP) is 3.48. The number of carbonyl (C=O) groups excluding carboxylic acids is 2. The summed E-state index contributed by atoms with van der Waals surface area (Å²) in [4.78, 5) is 27.5. The molecule has 4 nitrogen and oxygen atoms in total. The van der Waals surface area contributed by atoms with Crippen LogP contribution in [-0.2, 0) is 9.59 Å². The molecule has 1 atom stereocenters. The summed E-state index contributed by atoms with van der Waals surface area (Å²) in [5.74, 6) is 0.105. The molecule has 0 spiro atoms. The van der Waals surface area contributed by atoms with Crippen LogP contribution in [0.1, 0.15) is 49.1 Å². The summed E-state index contributed by atoms with van der Waals surface area (Å²) < 4.78 is 0. The Hall–Kier alpha value is -2.62. The number of nitrogens with one attached hydrogen (secondary N) is 1. The van der Waals surface area contributed by atoms with E-state index in [2.05, 4.69) is 29.6 Å². The van der Waals surface area contributed by atoms with Crippen LogP contribution in [0.15, 0.2) is 60.7 Å². The van der Waals surface area contributed by atoms with Crippen LogP contribution in [0.4, 0.5) is 0 Å². The van der Waals surface area contributed by atoms with Gasteiger partial charge in [-0.05, 0) is 36.8 Å². The molecule has 1 aliphatic heterocycles. The van der Waals surface area contributed by atoms with Gasteiger partial charge in [0.25, 0.3) is 0 Å². The van der Waals surface area contributed by atoms with E-state index < -0.39 is 0 Å². The van der Waals surface area contributed by atoms with Crippen molar-refractivity contribution in [3.05, 3.63) is 71.8 Å². The van der Waals surface area contributed by atoms with E-state index in [9.17, 15) is 9.59 Å². The number of nitrogens with zero attached hydrogens (tertiary/aromatic N) is 1. The first kappa shape index (κ1) is 17.8. The third-order valence-electron chi connectivity index (χ3n) is 5.58. The normalized spacial score (nSPS) is 19.3. The smallest absolute Gasteiger partial charge is 0.243 e. The number of hydrogen-bond acceptors (Lipinski definition) is 2. The van der Waals surface area contributed by atoms with Gasteiger partial charge in [-0.3, -0.25) is 9.59 Å². The fourth-order valence-corrected chi connectivity index (χ4v) is 3.95. The van der Waals surface area contributed by atoms with Crippen molar-refractivity contribution in [1.82, 2.24) is 10.2 Å². The number of rotatable bonds is 6. The van der Waals surface area contributed by atoms with Crippen molar-refractivity contribution in [2.45, 2.75) is 50.1 Å². The van der Waals surface area contributed by atoms with Crippen molar-refractivity contribution in [3.8, 4) is 0 Å². The van der Waals surface area contributed by atoms with Gasteiger partial charge in [0.1, 0.15) is 6.04 Å². The van der Waals surface area contributed by atoms with E-state index in [-0.39, 0.29) is 23.8 Å². The summed E-state index contributed by atoms with van der Waals surface area (Å²) in [7, 11) is 0. The van der Waals surface area contributed by atoms with Crippen LogP contribution in [0, 0.1) is 0 Å². The number of benzene rings is 2. The maximum atomic E-state index is 13.2. The number of likely N-dealkylation sites (tertiary alicyclic amines) is 1. The van der Waals surface area contributed by atoms with Crippen molar-refractivity contribution >= 4 is 11.8 Å². The maximum Gasteiger partial charge on any atom is 0.243 e. The molecule has 1 heterocycles. The zero-order valence-corrected chi connectivity index (χ0v) is 15.5. The van der Waals surface area contributed by atoms with E-state index in [0.717, 1.165) is 36.8 Å². The highest BCUT2D eigenvalue weighted by atomic mass is 16.2. The summed E-state index contributed by atoms with van der Waals surface area (Å²) in [5, 5.41) is 3.06. The van der Waals surface area contributed by atoms with Gasteiger partial charge in [0.05, 0.1) is 0 Å². The molecule has 2 fully saturated rings. The third-order valence-corrected chi connectivity index (χ3v) is 5.58. The van der Waals surface area contributed by atoms with Gasteiger partial charge in [0.2, 0.25) is 11.8 Å². The summed E-state index contributed by atoms with van der Waals surface area (Å²) >= 11 is 0. The van der Waals surface area contributed by atoms with Crippen LogP contribution in [0.2, 0.25) is 0 Å². The Labute approximate surface area is 160 Å². The van der Waals surface area contributed by atoms with E-state index in [1.807, 2.05) is 36.4 Å². The lowest BCUT2D eigenvalue weighted by Gasteiger charge is -2.26. The molecule has 1 saturated heterocycles. The van der Waals surface area contributed by atoms with E-state index >= 15 is 0 Å². The molecule has 0 radical (unpaired) electrons. The first-order valence-electron chi connectivity index (χ1n) is 9.92. The second kappa shape index (κ2) is 7.95. The van der Waals surface area contributed by atoms with Crippen LogP contribution in [-0.4, -0.2) is 35.3 Å². The highest BCUT2D eigenvalue weighted by Crippen LogP contribution is 2.30. The van der Waals surface area contributed by atoms with E-state index in [4.69, 9.17) is 0 Å². The quantitative estimate of drug-likeness (QED) is 0.855. The van der Waals surface area contributed by atoms with E-state index in [0.29, 0.717) is 19.0 Å². The molecule has 140 valence electrons. The molecular weight excluding hydrogens is 336 g/mol. The van der Waals surface area contributed by atoms with Gasteiger partial charge in [0, 0.05) is 24.9 Å². The Bertz CT molecular complexity index is 747. The molecule has 4 heteroatoms. The zero-order chi connectivity index (χ0) is 18.6. The first-order valence-corrected chi connectivity index (χ1v) is 9.92. The van der Waals surface area contributed by atoms with Gasteiger partial charge in [-0.25, -0.2) is 0 Å². The van der Waals surface area contributed by atoms with Gasteiger partial charge < -0.3 is 10.2 Å². The molecule has 2 aromatic rings. The summed E-state index contributed by atoms with van der Waals surface area (Å²) in [6.07, 6.45) is 4.19. The Kier molecular flexibility index (Phi) is 5.23. The Balaban J connectivity index is 1.52. The number of carbonyl (C=O) groups is 2. The Morgan fingerprint density at radius 1 is 0.926 bits per heavy atom. The first-order chi connectivity index (χ1) is 13.2. The second-order valence-corrected chi connectivity index (χ2v) is 7.61. The number of hydrogen-bond donors (Lipinski definition) is 1. The minimum Gasteiger partial charge on any atom is -0.352 e. The van der Waals surface area contributed by atoms with Crippen LogP contribution in [0.3, 0.4) is 0 Å². The molecular formula is C23H26N2O2. The molecule has 4 rings (SSSR count). The molecule has 1 aliphatic carbocycles. The minimum absolute atomic E-state index is 0.00708. The third kappa shape index (κ3) is 4.21. The lowest BCUT2D eigenvalue weighted by atomic mass is 9.88. The maximum absolute atomic E-state index is 13.2. The lowest BCUT2D eigenvalue weighted by molar-refractivity contribution is -0.138. The predicted molar refractivity (Wildman–Crippen MR) is 105 cm³/mol. The fraction of sp³-hybridized carbons (Fsp3) is 0.391. The Morgan fingerprint density at radius 3 is 2.07 bits per heavy atom. The van der Waals surface area contributed by atoms with Gasteiger partial charge in [-0.1, -0.05) is 60.7 Å². The Morgan fingerprint density at radius 2 is 1.52 bits per heavy atom. The molecule has 1 unspecified atom stereocenters. The van der Waals surface area contributed by atoms with Crippen LogP contribution in [0.25, 0.3) is 0 Å². The molecule has 0 bridgehead atoms. The molecule has 2 aliphatic rings. The van der Waals surface area contributed by atoms with Crippen molar-refractivity contribution in [2.75, 3.05) is 6.54 Å². The summed E-state index contributed by atoms with van der Waals surface area (Å²) in [5.41, 5.74) is 2.27. The van der Waals surface area contributed by atoms with Gasteiger partial charge in [-0.15, -0.1) is 0 Å². The summed E-state index contributed by atoms with van der Waals surface area (Å²) in [6.45, 7) is 0.678. The minimum atomic E-state index is -0.301. The van der Waals surface area contributed by atoms with E-state index in [1.165, 1.54) is 0 Å². The standard InChI is InChI=1S/C23H26N2O2/c26-22(25-15-7-12-21(25)23(27)24-19-13-14-19)16-20(17-8-3-1-4-9-17)18-10-5-2-6-11-18/h1-6,8-11,19-21H,7,12-16H2,(H,24,27). The summed E-state index contributed by atoms with van der Waals surface area (Å²) in [6, 6.07) is 20.4. The van der Waals surface area contributed by atoms with Crippen molar-refractivity contribution in [1.29, 1.82) is 0 Å². The average molecular weight is 362 g/mol. The average Bonchev–Trinajstić information content (AvgIpc) is 3.38. The van der Waals surface area contributed by atoms with Crippen molar-refractivity contribution < 1.29 is 9.59 Å². The van der Waals surface area contributed by atoms with Gasteiger partial charge in [0.15, 0.2) is 0 Å². The lowest BCUT2D eigenvalue weighted by Crippen LogP contribution is -2.46. The molecule has 0 aromatic heterocycles. The topological polar surface area (TPSA) is 49.4 Å².